The van der Waals surface area contributed by atoms with Gasteiger partial charge < -0.3 is 24.5 Å². The van der Waals surface area contributed by atoms with Crippen LogP contribution in [0.1, 0.15) is 10.4 Å². The van der Waals surface area contributed by atoms with Gasteiger partial charge in [0.05, 0.1) is 32.1 Å². The van der Waals surface area contributed by atoms with E-state index in [2.05, 4.69) is 30.6 Å². The van der Waals surface area contributed by atoms with Crippen LogP contribution in [0.25, 0.3) is 10.2 Å². The molecule has 2 heterocycles. The minimum Gasteiger partial charge on any atom is -0.748 e. The number of aromatic carboxylic acids is 1. The van der Waals surface area contributed by atoms with E-state index in [9.17, 15) is 22.9 Å². The molecule has 12 nitrogen and oxygen atoms in total. The van der Waals surface area contributed by atoms with E-state index in [4.69, 9.17) is 4.74 Å². The summed E-state index contributed by atoms with van der Waals surface area (Å²) in [6.07, 6.45) is 0. The number of hydrogen-bond acceptors (Lipinski definition) is 13. The molecule has 2 aromatic heterocycles. The van der Waals surface area contributed by atoms with Crippen LogP contribution in [0.15, 0.2) is 48.5 Å². The predicted molar refractivity (Wildman–Crippen MR) is 117 cm³/mol. The SMILES string of the molecule is O=C([O-])c1ccccc1Oc1nc(NCCS(=O)(=O)[O-])nc(Nc2nc3ccccc3s2)n1.[Na+].[Na+]. The molecule has 0 spiro atoms. The summed E-state index contributed by atoms with van der Waals surface area (Å²) in [7, 11) is -4.45. The fraction of sp³-hybridized carbons (Fsp3) is 0.105. The number of nitrogens with zero attached hydrogens (tertiary/aromatic N) is 4. The number of ether oxygens (including phenoxy) is 1. The van der Waals surface area contributed by atoms with Gasteiger partial charge in [0.25, 0.3) is 0 Å². The van der Waals surface area contributed by atoms with Crippen molar-refractivity contribution in [3.8, 4) is 11.8 Å². The Morgan fingerprint density at radius 3 is 2.37 bits per heavy atom. The van der Waals surface area contributed by atoms with Gasteiger partial charge in [0.2, 0.25) is 11.9 Å². The maximum absolute atomic E-state index is 11.3. The average Bonchev–Trinajstić information content (AvgIpc) is 3.15. The Morgan fingerprint density at radius 1 is 0.971 bits per heavy atom. The molecule has 170 valence electrons. The summed E-state index contributed by atoms with van der Waals surface area (Å²) < 4.78 is 39.1. The van der Waals surface area contributed by atoms with E-state index in [1.807, 2.05) is 24.3 Å². The van der Waals surface area contributed by atoms with E-state index in [-0.39, 0.29) is 94.9 Å². The van der Waals surface area contributed by atoms with Gasteiger partial charge in [-0.15, -0.1) is 0 Å². The van der Waals surface area contributed by atoms with Crippen molar-refractivity contribution in [2.75, 3.05) is 22.9 Å². The quantitative estimate of drug-likeness (QED) is 0.156. The maximum Gasteiger partial charge on any atom is 1.00 e. The normalized spacial score (nSPS) is 10.7. The molecule has 2 aromatic carbocycles. The van der Waals surface area contributed by atoms with Crippen molar-refractivity contribution in [2.45, 2.75) is 0 Å². The van der Waals surface area contributed by atoms with E-state index >= 15 is 0 Å². The van der Waals surface area contributed by atoms with Crippen molar-refractivity contribution in [1.82, 2.24) is 19.9 Å². The van der Waals surface area contributed by atoms with Crippen LogP contribution in [-0.2, 0) is 10.1 Å². The number of thiazole rings is 1. The summed E-state index contributed by atoms with van der Waals surface area (Å²) >= 11 is 1.34. The Labute approximate surface area is 247 Å². The van der Waals surface area contributed by atoms with Crippen LogP contribution >= 0.6 is 11.3 Å². The molecule has 4 aromatic rings. The number of anilines is 3. The van der Waals surface area contributed by atoms with E-state index < -0.39 is 21.8 Å². The van der Waals surface area contributed by atoms with Gasteiger partial charge in [0, 0.05) is 12.1 Å². The number of carbonyl (C=O) groups excluding carboxylic acids is 1. The molecule has 0 radical (unpaired) electrons. The molecule has 0 bridgehead atoms. The van der Waals surface area contributed by atoms with E-state index in [1.54, 1.807) is 6.07 Å². The first-order chi connectivity index (χ1) is 15.8. The van der Waals surface area contributed by atoms with Crippen LogP contribution in [0.4, 0.5) is 17.0 Å². The van der Waals surface area contributed by atoms with Crippen molar-refractivity contribution < 1.29 is 86.7 Å². The average molecular weight is 532 g/mol. The summed E-state index contributed by atoms with van der Waals surface area (Å²) in [6, 6.07) is 12.9. The number of rotatable bonds is 9. The van der Waals surface area contributed by atoms with Crippen LogP contribution in [0.5, 0.6) is 11.8 Å². The van der Waals surface area contributed by atoms with Crippen molar-refractivity contribution in [3.05, 3.63) is 54.1 Å². The van der Waals surface area contributed by atoms with Gasteiger partial charge in [-0.1, -0.05) is 35.6 Å². The zero-order valence-electron chi connectivity index (χ0n) is 18.6. The van der Waals surface area contributed by atoms with E-state index in [0.29, 0.717) is 5.13 Å². The third-order valence-electron chi connectivity index (χ3n) is 4.07. The molecule has 0 saturated heterocycles. The molecule has 0 fully saturated rings. The summed E-state index contributed by atoms with van der Waals surface area (Å²) in [6.45, 7) is -0.258. The summed E-state index contributed by atoms with van der Waals surface area (Å²) in [5, 5.41) is 17.3. The number of nitrogens with one attached hydrogen (secondary N) is 2. The fourth-order valence-electron chi connectivity index (χ4n) is 2.67. The molecule has 0 aliphatic carbocycles. The Hall–Kier alpha value is -1.88. The molecule has 0 aliphatic rings. The van der Waals surface area contributed by atoms with Crippen molar-refractivity contribution >= 4 is 54.7 Å². The molecule has 0 aliphatic heterocycles. The van der Waals surface area contributed by atoms with E-state index in [1.165, 1.54) is 29.5 Å². The van der Waals surface area contributed by atoms with Gasteiger partial charge in [-0.05, 0) is 24.3 Å². The summed E-state index contributed by atoms with van der Waals surface area (Å²) in [5.41, 5.74) is 0.544. The first-order valence-electron chi connectivity index (χ1n) is 9.31. The second-order valence-corrected chi connectivity index (χ2v) is 9.01. The molecule has 0 amide bonds. The van der Waals surface area contributed by atoms with Crippen molar-refractivity contribution in [3.63, 3.8) is 0 Å². The molecular weight excluding hydrogens is 518 g/mol. The molecule has 0 saturated carbocycles. The zero-order valence-corrected chi connectivity index (χ0v) is 24.2. The second kappa shape index (κ2) is 12.9. The molecule has 35 heavy (non-hydrogen) atoms. The smallest absolute Gasteiger partial charge is 0.748 e. The number of hydrogen-bond donors (Lipinski definition) is 2. The molecule has 0 unspecified atom stereocenters. The Morgan fingerprint density at radius 2 is 1.66 bits per heavy atom. The third-order valence-corrected chi connectivity index (χ3v) is 5.73. The van der Waals surface area contributed by atoms with Crippen molar-refractivity contribution in [1.29, 1.82) is 0 Å². The topological polar surface area (TPSA) is 182 Å². The van der Waals surface area contributed by atoms with Crippen LogP contribution in [0, 0.1) is 0 Å². The standard InChI is InChI=1S/C19H16N6O6S2.2Na/c26-15(27)11-5-1-3-7-13(11)31-18-23-16(20-9-10-33(28,29)30)22-17(24-18)25-19-21-12-6-2-4-8-14(12)32-19;;/h1-8H,9-10H2,(H,26,27)(H,28,29,30)(H2,20,21,22,23,24,25);;/q;2*+1/p-2. The maximum atomic E-state index is 11.3. The summed E-state index contributed by atoms with van der Waals surface area (Å²) in [4.78, 5) is 28.0. The minimum atomic E-state index is -4.45. The number of para-hydroxylation sites is 2. The molecule has 4 rings (SSSR count). The van der Waals surface area contributed by atoms with Gasteiger partial charge in [-0.2, -0.15) is 15.0 Å². The number of carboxylic acid groups (broad SMARTS) is 1. The van der Waals surface area contributed by atoms with E-state index in [0.717, 1.165) is 10.2 Å². The number of benzene rings is 2. The van der Waals surface area contributed by atoms with Crippen LogP contribution in [-0.4, -0.2) is 51.2 Å². The monoisotopic (exact) mass is 532 g/mol. The Bertz CT molecular complexity index is 1400. The number of carboxylic acids is 1. The number of carbonyl (C=O) groups is 1. The molecule has 0 atom stereocenters. The van der Waals surface area contributed by atoms with Crippen molar-refractivity contribution in [2.24, 2.45) is 0 Å². The van der Waals surface area contributed by atoms with Gasteiger partial charge in [-0.25, -0.2) is 13.4 Å². The largest absolute Gasteiger partial charge is 1.00 e. The van der Waals surface area contributed by atoms with Crippen LogP contribution in [0.3, 0.4) is 0 Å². The van der Waals surface area contributed by atoms with Gasteiger partial charge in [-0.3, -0.25) is 5.32 Å². The number of aromatic nitrogens is 4. The summed E-state index contributed by atoms with van der Waals surface area (Å²) in [5.74, 6) is -2.31. The zero-order chi connectivity index (χ0) is 23.4. The Balaban J connectivity index is 0.00000216. The minimum absolute atomic E-state index is 0. The second-order valence-electron chi connectivity index (χ2n) is 6.45. The van der Waals surface area contributed by atoms with Crippen LogP contribution < -0.4 is 79.6 Å². The third kappa shape index (κ3) is 8.34. The fourth-order valence-corrected chi connectivity index (χ4v) is 3.88. The molecule has 16 heteroatoms. The molecular formula is C19H14N6Na2O6S2. The van der Waals surface area contributed by atoms with Gasteiger partial charge in [0.15, 0.2) is 5.13 Å². The Kier molecular flexibility index (Phi) is 10.8. The van der Waals surface area contributed by atoms with Crippen LogP contribution in [0.2, 0.25) is 0 Å². The van der Waals surface area contributed by atoms with Gasteiger partial charge in [0.1, 0.15) is 5.75 Å². The predicted octanol–water partition coefficient (Wildman–Crippen LogP) is -4.65. The first-order valence-corrected chi connectivity index (χ1v) is 11.7. The van der Waals surface area contributed by atoms with Gasteiger partial charge >= 0.3 is 65.1 Å². The first kappa shape index (κ1) is 29.4. The number of fused-ring (bicyclic) bond motifs is 1. The molecule has 2 N–H and O–H groups in total.